The lowest BCUT2D eigenvalue weighted by Gasteiger charge is -2.20. The van der Waals surface area contributed by atoms with Crippen LogP contribution in [0.25, 0.3) is 21.9 Å². The third kappa shape index (κ3) is 2.77. The minimum Gasteiger partial charge on any atom is -0.345 e. The van der Waals surface area contributed by atoms with Gasteiger partial charge in [-0.1, -0.05) is 72.8 Å². The fourth-order valence-corrected chi connectivity index (χ4v) is 3.04. The Morgan fingerprint density at radius 2 is 1.08 bits per heavy atom. The molecule has 0 N–H and O–H groups in total. The van der Waals surface area contributed by atoms with E-state index in [9.17, 15) is 0 Å². The smallest absolute Gasteiger partial charge is 0.0414 e. The number of rotatable bonds is 3. The van der Waals surface area contributed by atoms with Gasteiger partial charge in [0.1, 0.15) is 0 Å². The molecule has 0 radical (unpaired) electrons. The lowest BCUT2D eigenvalue weighted by Crippen LogP contribution is -2.09. The van der Waals surface area contributed by atoms with Crippen LogP contribution in [0.1, 0.15) is 0 Å². The largest absolute Gasteiger partial charge is 0.345 e. The zero-order valence-electron chi connectivity index (χ0n) is 13.7. The predicted molar refractivity (Wildman–Crippen MR) is 104 cm³/mol. The molecular formula is C23H19N. The van der Waals surface area contributed by atoms with E-state index in [-0.39, 0.29) is 0 Å². The zero-order valence-corrected chi connectivity index (χ0v) is 13.7. The molecule has 4 rings (SSSR count). The first-order chi connectivity index (χ1) is 11.8. The highest BCUT2D eigenvalue weighted by Crippen LogP contribution is 2.29. The van der Waals surface area contributed by atoms with Gasteiger partial charge in [0.15, 0.2) is 0 Å². The van der Waals surface area contributed by atoms with E-state index in [1.165, 1.54) is 33.3 Å². The van der Waals surface area contributed by atoms with E-state index >= 15 is 0 Å². The Hall–Kier alpha value is -3.06. The van der Waals surface area contributed by atoms with Gasteiger partial charge in [-0.25, -0.2) is 0 Å². The first-order valence-corrected chi connectivity index (χ1v) is 8.19. The molecule has 0 heterocycles. The first kappa shape index (κ1) is 14.5. The number of fused-ring (bicyclic) bond motifs is 1. The summed E-state index contributed by atoms with van der Waals surface area (Å²) in [6.07, 6.45) is 0. The van der Waals surface area contributed by atoms with Gasteiger partial charge in [0.25, 0.3) is 0 Å². The Morgan fingerprint density at radius 3 is 1.83 bits per heavy atom. The Morgan fingerprint density at radius 1 is 0.500 bits per heavy atom. The van der Waals surface area contributed by atoms with Gasteiger partial charge in [-0.15, -0.1) is 0 Å². The molecule has 0 aliphatic heterocycles. The van der Waals surface area contributed by atoms with Crippen LogP contribution >= 0.6 is 0 Å². The van der Waals surface area contributed by atoms with Crippen molar-refractivity contribution in [3.05, 3.63) is 97.1 Å². The minimum atomic E-state index is 1.19. The third-order valence-corrected chi connectivity index (χ3v) is 4.48. The van der Waals surface area contributed by atoms with Crippen molar-refractivity contribution in [2.24, 2.45) is 0 Å². The van der Waals surface area contributed by atoms with Crippen LogP contribution in [0.5, 0.6) is 0 Å². The number of hydrogen-bond acceptors (Lipinski definition) is 1. The van der Waals surface area contributed by atoms with Gasteiger partial charge in [0.2, 0.25) is 0 Å². The van der Waals surface area contributed by atoms with Gasteiger partial charge in [0, 0.05) is 18.4 Å². The summed E-state index contributed by atoms with van der Waals surface area (Å²) in [5.41, 5.74) is 4.87. The van der Waals surface area contributed by atoms with E-state index in [1.807, 2.05) is 6.07 Å². The van der Waals surface area contributed by atoms with Crippen molar-refractivity contribution in [3.63, 3.8) is 0 Å². The quantitative estimate of drug-likeness (QED) is 0.431. The molecule has 0 aliphatic rings. The summed E-state index contributed by atoms with van der Waals surface area (Å²) < 4.78 is 0. The molecular weight excluding hydrogens is 290 g/mol. The second-order valence-electron chi connectivity index (χ2n) is 6.00. The summed E-state index contributed by atoms with van der Waals surface area (Å²) in [7, 11) is 2.11. The standard InChI is InChI=1S/C23H19N/c1-24(23-16-13-19-9-5-6-10-21(19)17-23)22-14-11-20(12-15-22)18-7-3-2-4-8-18/h2-17H,1H3. The van der Waals surface area contributed by atoms with E-state index in [2.05, 4.69) is 103 Å². The second-order valence-corrected chi connectivity index (χ2v) is 6.00. The van der Waals surface area contributed by atoms with Gasteiger partial charge < -0.3 is 4.90 Å². The summed E-state index contributed by atoms with van der Waals surface area (Å²) in [5, 5.41) is 2.54. The topological polar surface area (TPSA) is 3.24 Å². The van der Waals surface area contributed by atoms with E-state index in [1.54, 1.807) is 0 Å². The lowest BCUT2D eigenvalue weighted by molar-refractivity contribution is 1.21. The van der Waals surface area contributed by atoms with Crippen LogP contribution in [-0.2, 0) is 0 Å². The Balaban J connectivity index is 1.64. The van der Waals surface area contributed by atoms with Gasteiger partial charge in [-0.2, -0.15) is 0 Å². The fourth-order valence-electron chi connectivity index (χ4n) is 3.04. The molecule has 4 aromatic carbocycles. The van der Waals surface area contributed by atoms with Crippen molar-refractivity contribution in [3.8, 4) is 11.1 Å². The molecule has 0 amide bonds. The first-order valence-electron chi connectivity index (χ1n) is 8.19. The molecule has 0 fully saturated rings. The molecule has 0 spiro atoms. The van der Waals surface area contributed by atoms with E-state index in [0.717, 1.165) is 0 Å². The average Bonchev–Trinajstić information content (AvgIpc) is 2.68. The number of anilines is 2. The highest BCUT2D eigenvalue weighted by Gasteiger charge is 2.05. The molecule has 0 aliphatic carbocycles. The summed E-state index contributed by atoms with van der Waals surface area (Å²) in [6.45, 7) is 0. The van der Waals surface area contributed by atoms with Crippen molar-refractivity contribution < 1.29 is 0 Å². The maximum atomic E-state index is 2.24. The van der Waals surface area contributed by atoms with Gasteiger partial charge in [-0.3, -0.25) is 0 Å². The maximum absolute atomic E-state index is 2.24. The minimum absolute atomic E-state index is 1.19. The second kappa shape index (κ2) is 6.21. The van der Waals surface area contributed by atoms with E-state index in [0.29, 0.717) is 0 Å². The van der Waals surface area contributed by atoms with Crippen LogP contribution in [0.4, 0.5) is 11.4 Å². The summed E-state index contributed by atoms with van der Waals surface area (Å²) in [4.78, 5) is 2.22. The van der Waals surface area contributed by atoms with Crippen LogP contribution in [0.2, 0.25) is 0 Å². The van der Waals surface area contributed by atoms with Crippen molar-refractivity contribution in [1.82, 2.24) is 0 Å². The molecule has 0 atom stereocenters. The van der Waals surface area contributed by atoms with Gasteiger partial charge in [0.05, 0.1) is 0 Å². The Bertz CT molecular complexity index is 956. The Kier molecular flexibility index (Phi) is 3.76. The summed E-state index contributed by atoms with van der Waals surface area (Å²) in [6, 6.07) is 34.3. The van der Waals surface area contributed by atoms with Crippen LogP contribution < -0.4 is 4.90 Å². The highest BCUT2D eigenvalue weighted by atomic mass is 15.1. The van der Waals surface area contributed by atoms with E-state index < -0.39 is 0 Å². The zero-order chi connectivity index (χ0) is 16.4. The Labute approximate surface area is 142 Å². The molecule has 24 heavy (non-hydrogen) atoms. The van der Waals surface area contributed by atoms with E-state index in [4.69, 9.17) is 0 Å². The van der Waals surface area contributed by atoms with Crippen molar-refractivity contribution in [2.45, 2.75) is 0 Å². The van der Waals surface area contributed by atoms with Gasteiger partial charge >= 0.3 is 0 Å². The predicted octanol–water partition coefficient (Wildman–Crippen LogP) is 6.27. The number of hydrogen-bond donors (Lipinski definition) is 0. The average molecular weight is 309 g/mol. The summed E-state index contributed by atoms with van der Waals surface area (Å²) in [5.74, 6) is 0. The highest BCUT2D eigenvalue weighted by molar-refractivity contribution is 5.87. The maximum Gasteiger partial charge on any atom is 0.0414 e. The lowest BCUT2D eigenvalue weighted by atomic mass is 10.1. The van der Waals surface area contributed by atoms with Crippen LogP contribution in [-0.4, -0.2) is 7.05 Å². The SMILES string of the molecule is CN(c1ccc(-c2ccccc2)cc1)c1ccc2ccccc2c1. The van der Waals surface area contributed by atoms with Crippen molar-refractivity contribution in [1.29, 1.82) is 0 Å². The van der Waals surface area contributed by atoms with Crippen molar-refractivity contribution >= 4 is 22.1 Å². The molecule has 116 valence electrons. The summed E-state index contributed by atoms with van der Waals surface area (Å²) >= 11 is 0. The molecule has 1 heteroatoms. The van der Waals surface area contributed by atoms with Gasteiger partial charge in [-0.05, 0) is 46.2 Å². The molecule has 0 saturated carbocycles. The van der Waals surface area contributed by atoms with Crippen LogP contribution in [0.15, 0.2) is 97.1 Å². The number of nitrogens with zero attached hydrogens (tertiary/aromatic N) is 1. The van der Waals surface area contributed by atoms with Crippen LogP contribution in [0.3, 0.4) is 0 Å². The molecule has 1 nitrogen and oxygen atoms in total. The molecule has 0 aromatic heterocycles. The monoisotopic (exact) mass is 309 g/mol. The molecule has 0 unspecified atom stereocenters. The molecule has 4 aromatic rings. The molecule has 0 saturated heterocycles. The number of benzene rings is 4. The van der Waals surface area contributed by atoms with Crippen molar-refractivity contribution in [2.75, 3.05) is 11.9 Å². The normalized spacial score (nSPS) is 10.7. The fraction of sp³-hybridized carbons (Fsp3) is 0.0435. The van der Waals surface area contributed by atoms with Crippen LogP contribution in [0, 0.1) is 0 Å². The third-order valence-electron chi connectivity index (χ3n) is 4.48. The molecule has 0 bridgehead atoms.